The summed E-state index contributed by atoms with van der Waals surface area (Å²) in [6, 6.07) is 19.2. The van der Waals surface area contributed by atoms with E-state index in [1.165, 1.54) is 21.5 Å². The number of benzene rings is 3. The van der Waals surface area contributed by atoms with Crippen LogP contribution in [-0.4, -0.2) is 18.2 Å². The van der Waals surface area contributed by atoms with Crippen molar-refractivity contribution >= 4 is 27.5 Å². The molecule has 0 aliphatic rings. The van der Waals surface area contributed by atoms with Crippen molar-refractivity contribution in [2.45, 2.75) is 45.8 Å². The van der Waals surface area contributed by atoms with Crippen LogP contribution in [0.2, 0.25) is 0 Å². The Hall–Kier alpha value is -2.65. The van der Waals surface area contributed by atoms with Crippen molar-refractivity contribution in [3.05, 3.63) is 72.3 Å². The van der Waals surface area contributed by atoms with E-state index >= 15 is 0 Å². The van der Waals surface area contributed by atoms with Gasteiger partial charge in [0.05, 0.1) is 12.7 Å². The molecule has 146 valence electrons. The summed E-state index contributed by atoms with van der Waals surface area (Å²) in [7, 11) is 0. The summed E-state index contributed by atoms with van der Waals surface area (Å²) in [5, 5.41) is 4.95. The van der Waals surface area contributed by atoms with E-state index in [-0.39, 0.29) is 12.1 Å². The molecule has 28 heavy (non-hydrogen) atoms. The highest BCUT2D eigenvalue weighted by atomic mass is 16.6. The van der Waals surface area contributed by atoms with Gasteiger partial charge in [0.15, 0.2) is 0 Å². The predicted molar refractivity (Wildman–Crippen MR) is 115 cm³/mol. The molecule has 0 heterocycles. The van der Waals surface area contributed by atoms with Crippen molar-refractivity contribution in [1.29, 1.82) is 0 Å². The SMILES string of the molecule is C=C(C)C(=O)OC(C)(C)CCOC(C)c1ccc2ccc3ccccc3c2c1. The van der Waals surface area contributed by atoms with Gasteiger partial charge in [0.25, 0.3) is 0 Å². The van der Waals surface area contributed by atoms with Crippen LogP contribution in [0.15, 0.2) is 66.7 Å². The number of hydrogen-bond acceptors (Lipinski definition) is 3. The summed E-state index contributed by atoms with van der Waals surface area (Å²) in [6.45, 7) is 11.6. The number of ether oxygens (including phenoxy) is 2. The van der Waals surface area contributed by atoms with Gasteiger partial charge in [-0.15, -0.1) is 0 Å². The maximum absolute atomic E-state index is 11.7. The van der Waals surface area contributed by atoms with Crippen LogP contribution in [0.4, 0.5) is 0 Å². The molecule has 0 radical (unpaired) electrons. The molecular formula is C25H28O3. The molecule has 3 heteroatoms. The molecule has 0 amide bonds. The molecule has 3 aromatic rings. The molecule has 1 unspecified atom stereocenters. The van der Waals surface area contributed by atoms with E-state index in [9.17, 15) is 4.79 Å². The molecule has 0 spiro atoms. The largest absolute Gasteiger partial charge is 0.456 e. The van der Waals surface area contributed by atoms with E-state index in [0.717, 1.165) is 5.56 Å². The van der Waals surface area contributed by atoms with Crippen molar-refractivity contribution in [1.82, 2.24) is 0 Å². The third kappa shape index (κ3) is 4.60. The molecule has 0 saturated carbocycles. The first-order valence-corrected chi connectivity index (χ1v) is 9.69. The normalized spacial score (nSPS) is 12.9. The minimum Gasteiger partial charge on any atom is -0.456 e. The lowest BCUT2D eigenvalue weighted by atomic mass is 9.98. The number of fused-ring (bicyclic) bond motifs is 3. The standard InChI is InChI=1S/C25H28O3/c1-17(2)24(26)28-25(4,5)14-15-27-18(3)21-13-12-20-11-10-19-8-6-7-9-22(19)23(20)16-21/h6-13,16,18H,1,14-15H2,2-5H3. The van der Waals surface area contributed by atoms with Gasteiger partial charge in [0, 0.05) is 12.0 Å². The van der Waals surface area contributed by atoms with Gasteiger partial charge in [0.2, 0.25) is 0 Å². The highest BCUT2D eigenvalue weighted by Crippen LogP contribution is 2.29. The Morgan fingerprint density at radius 3 is 2.39 bits per heavy atom. The number of hydrogen-bond donors (Lipinski definition) is 0. The molecule has 0 bridgehead atoms. The first kappa shape index (κ1) is 20.1. The fraction of sp³-hybridized carbons (Fsp3) is 0.320. The van der Waals surface area contributed by atoms with E-state index in [2.05, 4.69) is 68.1 Å². The van der Waals surface area contributed by atoms with Gasteiger partial charge in [-0.25, -0.2) is 4.79 Å². The zero-order valence-electron chi connectivity index (χ0n) is 17.1. The summed E-state index contributed by atoms with van der Waals surface area (Å²) in [6.07, 6.45) is 0.573. The molecule has 0 aliphatic heterocycles. The Morgan fingerprint density at radius 2 is 1.68 bits per heavy atom. The summed E-state index contributed by atoms with van der Waals surface area (Å²) in [5.41, 5.74) is 0.960. The summed E-state index contributed by atoms with van der Waals surface area (Å²) < 4.78 is 11.5. The highest BCUT2D eigenvalue weighted by Gasteiger charge is 2.23. The number of esters is 1. The van der Waals surface area contributed by atoms with Gasteiger partial charge < -0.3 is 9.47 Å². The number of carbonyl (C=O) groups excluding carboxylic acids is 1. The van der Waals surface area contributed by atoms with Crippen LogP contribution in [0.3, 0.4) is 0 Å². The summed E-state index contributed by atoms with van der Waals surface area (Å²) >= 11 is 0. The predicted octanol–water partition coefficient (Wildman–Crippen LogP) is 6.36. The second-order valence-electron chi connectivity index (χ2n) is 7.96. The monoisotopic (exact) mass is 376 g/mol. The molecule has 0 N–H and O–H groups in total. The average molecular weight is 376 g/mol. The zero-order chi connectivity index (χ0) is 20.3. The second-order valence-corrected chi connectivity index (χ2v) is 7.96. The second kappa shape index (κ2) is 8.15. The van der Waals surface area contributed by atoms with Crippen LogP contribution in [0.1, 0.15) is 45.8 Å². The Labute approximate surface area is 167 Å². The topological polar surface area (TPSA) is 35.5 Å². The molecule has 3 aromatic carbocycles. The average Bonchev–Trinajstić information content (AvgIpc) is 2.66. The van der Waals surface area contributed by atoms with Crippen molar-refractivity contribution in [3.63, 3.8) is 0 Å². The molecule has 3 nitrogen and oxygen atoms in total. The lowest BCUT2D eigenvalue weighted by Gasteiger charge is -2.26. The third-order valence-electron chi connectivity index (χ3n) is 5.03. The molecule has 0 fully saturated rings. The Bertz CT molecular complexity index is 1020. The highest BCUT2D eigenvalue weighted by molar-refractivity contribution is 6.07. The van der Waals surface area contributed by atoms with Crippen LogP contribution in [0.5, 0.6) is 0 Å². The third-order valence-corrected chi connectivity index (χ3v) is 5.03. The van der Waals surface area contributed by atoms with Crippen molar-refractivity contribution in [2.75, 3.05) is 6.61 Å². The maximum atomic E-state index is 11.7. The molecule has 0 aliphatic carbocycles. The van der Waals surface area contributed by atoms with E-state index in [0.29, 0.717) is 18.6 Å². The van der Waals surface area contributed by atoms with Gasteiger partial charge in [-0.05, 0) is 60.9 Å². The first-order valence-electron chi connectivity index (χ1n) is 9.69. The minimum atomic E-state index is -0.588. The van der Waals surface area contributed by atoms with Gasteiger partial charge in [-0.1, -0.05) is 55.1 Å². The molecule has 0 aromatic heterocycles. The van der Waals surface area contributed by atoms with Crippen molar-refractivity contribution in [3.8, 4) is 0 Å². The molecule has 3 rings (SSSR count). The van der Waals surface area contributed by atoms with Crippen LogP contribution < -0.4 is 0 Å². The summed E-state index contributed by atoms with van der Waals surface area (Å²) in [5.74, 6) is -0.362. The lowest BCUT2D eigenvalue weighted by Crippen LogP contribution is -2.30. The Morgan fingerprint density at radius 1 is 1.04 bits per heavy atom. The first-order chi connectivity index (χ1) is 13.3. The molecule has 1 atom stereocenters. The fourth-order valence-corrected chi connectivity index (χ4v) is 3.24. The van der Waals surface area contributed by atoms with Crippen LogP contribution >= 0.6 is 0 Å². The lowest BCUT2D eigenvalue weighted by molar-refractivity contribution is -0.153. The van der Waals surface area contributed by atoms with Crippen LogP contribution in [0.25, 0.3) is 21.5 Å². The van der Waals surface area contributed by atoms with Crippen LogP contribution in [-0.2, 0) is 14.3 Å². The maximum Gasteiger partial charge on any atom is 0.333 e. The van der Waals surface area contributed by atoms with Crippen molar-refractivity contribution < 1.29 is 14.3 Å². The van der Waals surface area contributed by atoms with Gasteiger partial charge in [-0.3, -0.25) is 0 Å². The van der Waals surface area contributed by atoms with Gasteiger partial charge in [-0.2, -0.15) is 0 Å². The van der Waals surface area contributed by atoms with E-state index < -0.39 is 5.60 Å². The number of rotatable bonds is 7. The van der Waals surface area contributed by atoms with E-state index in [1.54, 1.807) is 6.92 Å². The Kier molecular flexibility index (Phi) is 5.85. The van der Waals surface area contributed by atoms with Gasteiger partial charge in [0.1, 0.15) is 5.60 Å². The van der Waals surface area contributed by atoms with Crippen LogP contribution in [0, 0.1) is 0 Å². The van der Waals surface area contributed by atoms with E-state index in [4.69, 9.17) is 9.47 Å². The smallest absolute Gasteiger partial charge is 0.333 e. The minimum absolute atomic E-state index is 0.0454. The zero-order valence-corrected chi connectivity index (χ0v) is 17.1. The molecule has 0 saturated heterocycles. The summed E-state index contributed by atoms with van der Waals surface area (Å²) in [4.78, 5) is 11.7. The fourth-order valence-electron chi connectivity index (χ4n) is 3.24. The van der Waals surface area contributed by atoms with Gasteiger partial charge >= 0.3 is 5.97 Å². The Balaban J connectivity index is 1.70. The number of carbonyl (C=O) groups is 1. The molecular weight excluding hydrogens is 348 g/mol. The van der Waals surface area contributed by atoms with E-state index in [1.807, 2.05) is 13.8 Å². The van der Waals surface area contributed by atoms with Crippen molar-refractivity contribution in [2.24, 2.45) is 0 Å². The quantitative estimate of drug-likeness (QED) is 0.273.